The molecule has 1 saturated heterocycles. The lowest BCUT2D eigenvalue weighted by Crippen LogP contribution is -2.46. The highest BCUT2D eigenvalue weighted by Gasteiger charge is 2.41. The number of ether oxygens (including phenoxy) is 1. The number of alkyl halides is 4. The number of carbonyl (C=O) groups is 3. The number of benzene rings is 1. The van der Waals surface area contributed by atoms with Crippen LogP contribution in [0.1, 0.15) is 12.0 Å². The van der Waals surface area contributed by atoms with E-state index in [2.05, 4.69) is 4.74 Å². The molecule has 1 aliphatic heterocycles. The van der Waals surface area contributed by atoms with Crippen LogP contribution in [0.15, 0.2) is 24.4 Å². The Kier molecular flexibility index (Phi) is 6.09. The zero-order chi connectivity index (χ0) is 23.8. The monoisotopic (exact) mass is 455 g/mol. The molecule has 3 unspecified atom stereocenters. The van der Waals surface area contributed by atoms with Crippen LogP contribution in [0.3, 0.4) is 0 Å². The quantitative estimate of drug-likeness (QED) is 0.405. The summed E-state index contributed by atoms with van der Waals surface area (Å²) < 4.78 is 56.4. The topological polar surface area (TPSA) is 144 Å². The number of aromatic nitrogens is 1. The maximum absolute atomic E-state index is 13.6. The maximum Gasteiger partial charge on any atom is 0.491 e. The first-order chi connectivity index (χ1) is 14.9. The number of fused-ring (bicyclic) bond motifs is 1. The van der Waals surface area contributed by atoms with Gasteiger partial charge >= 0.3 is 18.2 Å². The number of likely N-dealkylation sites (tertiary alicyclic amines) is 1. The fourth-order valence-electron chi connectivity index (χ4n) is 3.54. The number of nitrogens with two attached hydrogens (primary N) is 2. The molecule has 1 aromatic heterocycles. The summed E-state index contributed by atoms with van der Waals surface area (Å²) in [7, 11) is 0. The zero-order valence-electron chi connectivity index (χ0n) is 16.3. The molecule has 4 N–H and O–H groups in total. The summed E-state index contributed by atoms with van der Waals surface area (Å²) in [6, 6.07) is 2.05. The molecule has 1 aromatic carbocycles. The van der Waals surface area contributed by atoms with Gasteiger partial charge in [0.05, 0.1) is 24.2 Å². The fourth-order valence-corrected chi connectivity index (χ4v) is 3.54. The predicted molar refractivity (Wildman–Crippen MR) is 101 cm³/mol. The Hall–Kier alpha value is -3.66. The minimum absolute atomic E-state index is 0.135. The van der Waals surface area contributed by atoms with Gasteiger partial charge in [0.25, 0.3) is 0 Å². The van der Waals surface area contributed by atoms with Crippen LogP contribution < -0.4 is 16.2 Å². The van der Waals surface area contributed by atoms with E-state index in [1.54, 1.807) is 0 Å². The summed E-state index contributed by atoms with van der Waals surface area (Å²) >= 11 is 0. The lowest BCUT2D eigenvalue weighted by molar-refractivity contribution is -0.189. The third kappa shape index (κ3) is 4.50. The Balaban J connectivity index is 1.92. The lowest BCUT2D eigenvalue weighted by atomic mass is 10.0. The molecule has 0 radical (unpaired) electrons. The van der Waals surface area contributed by atoms with Crippen LogP contribution in [0.25, 0.3) is 10.9 Å². The fraction of sp³-hybridized carbons (Fsp3) is 0.368. The van der Waals surface area contributed by atoms with Gasteiger partial charge in [0.2, 0.25) is 5.91 Å². The van der Waals surface area contributed by atoms with Crippen LogP contribution >= 0.6 is 0 Å². The largest absolute Gasteiger partial charge is 0.491 e. The minimum Gasteiger partial charge on any atom is -0.420 e. The second kappa shape index (κ2) is 8.46. The first-order valence-electron chi connectivity index (χ1n) is 9.25. The van der Waals surface area contributed by atoms with Crippen LogP contribution in [0.2, 0.25) is 0 Å². The van der Waals surface area contributed by atoms with Gasteiger partial charge in [-0.2, -0.15) is 18.4 Å². The van der Waals surface area contributed by atoms with Crippen molar-refractivity contribution >= 4 is 28.8 Å². The number of rotatable bonds is 4. The molecule has 2 heterocycles. The Labute approximate surface area is 178 Å². The highest BCUT2D eigenvalue weighted by molar-refractivity contribution is 5.95. The van der Waals surface area contributed by atoms with E-state index in [0.717, 1.165) is 21.6 Å². The second-order valence-electron chi connectivity index (χ2n) is 7.21. The summed E-state index contributed by atoms with van der Waals surface area (Å²) in [5.41, 5.74) is 11.7. The number of carbonyl (C=O) groups excluding carboxylic acids is 3. The van der Waals surface area contributed by atoms with Crippen LogP contribution in [0.5, 0.6) is 5.75 Å². The Morgan fingerprint density at radius 1 is 1.31 bits per heavy atom. The number of amides is 2. The van der Waals surface area contributed by atoms with Crippen molar-refractivity contribution in [2.45, 2.75) is 37.3 Å². The predicted octanol–water partition coefficient (Wildman–Crippen LogP) is 1.37. The SMILES string of the molecule is N#CC1CC(F)CN1C(=O)C(N)Cc1cn(C(N)=O)c2ccc(OC(=O)C(F)(F)F)cc12. The van der Waals surface area contributed by atoms with Crippen molar-refractivity contribution in [1.29, 1.82) is 5.26 Å². The Morgan fingerprint density at radius 3 is 2.59 bits per heavy atom. The Bertz CT molecular complexity index is 1120. The summed E-state index contributed by atoms with van der Waals surface area (Å²) in [6.45, 7) is -0.286. The molecule has 1 aliphatic rings. The second-order valence-corrected chi connectivity index (χ2v) is 7.21. The van der Waals surface area contributed by atoms with Crippen molar-refractivity contribution in [3.05, 3.63) is 30.0 Å². The van der Waals surface area contributed by atoms with Crippen molar-refractivity contribution < 1.29 is 36.7 Å². The molecule has 2 aromatic rings. The van der Waals surface area contributed by atoms with Gasteiger partial charge in [-0.05, 0) is 30.2 Å². The molecule has 3 atom stereocenters. The third-order valence-corrected chi connectivity index (χ3v) is 4.98. The van der Waals surface area contributed by atoms with E-state index in [9.17, 15) is 31.9 Å². The standard InChI is InChI=1S/C19H17F4N5O4/c20-10-4-11(6-24)27(8-10)16(29)14(25)3-9-7-28(18(26)31)15-2-1-12(5-13(9)15)32-17(30)19(21,22)23/h1-2,5,7,10-11,14H,3-4,8,25H2,(H2,26,31). The highest BCUT2D eigenvalue weighted by Crippen LogP contribution is 2.29. The molecule has 0 aliphatic carbocycles. The molecular weight excluding hydrogens is 438 g/mol. The zero-order valence-corrected chi connectivity index (χ0v) is 16.3. The van der Waals surface area contributed by atoms with Crippen molar-refractivity contribution in [2.24, 2.45) is 11.5 Å². The van der Waals surface area contributed by atoms with E-state index < -0.39 is 48.1 Å². The molecule has 3 rings (SSSR count). The lowest BCUT2D eigenvalue weighted by Gasteiger charge is -2.23. The first kappa shape index (κ1) is 23.0. The molecule has 1 fully saturated rings. The van der Waals surface area contributed by atoms with Crippen LogP contribution in [0.4, 0.5) is 22.4 Å². The number of halogens is 4. The molecule has 0 bridgehead atoms. The summed E-state index contributed by atoms with van der Waals surface area (Å²) in [4.78, 5) is 36.5. The number of primary amides is 1. The molecule has 0 saturated carbocycles. The molecule has 9 nitrogen and oxygen atoms in total. The van der Waals surface area contributed by atoms with E-state index in [0.29, 0.717) is 0 Å². The maximum atomic E-state index is 13.6. The van der Waals surface area contributed by atoms with Crippen molar-refractivity contribution in [2.75, 3.05) is 6.54 Å². The number of nitrogens with zero attached hydrogens (tertiary/aromatic N) is 3. The van der Waals surface area contributed by atoms with Gasteiger partial charge in [-0.3, -0.25) is 9.36 Å². The number of esters is 1. The molecular formula is C19H17F4N5O4. The van der Waals surface area contributed by atoms with Crippen LogP contribution in [0, 0.1) is 11.3 Å². The molecule has 2 amide bonds. The van der Waals surface area contributed by atoms with E-state index in [1.165, 1.54) is 12.3 Å². The van der Waals surface area contributed by atoms with Gasteiger partial charge < -0.3 is 21.1 Å². The third-order valence-electron chi connectivity index (χ3n) is 4.98. The number of hydrogen-bond acceptors (Lipinski definition) is 6. The van der Waals surface area contributed by atoms with Gasteiger partial charge in [0, 0.05) is 18.0 Å². The first-order valence-corrected chi connectivity index (χ1v) is 9.25. The number of nitriles is 1. The van der Waals surface area contributed by atoms with E-state index >= 15 is 0 Å². The van der Waals surface area contributed by atoms with Crippen molar-refractivity contribution in [1.82, 2.24) is 9.47 Å². The molecule has 170 valence electrons. The summed E-state index contributed by atoms with van der Waals surface area (Å²) in [5.74, 6) is -3.58. The van der Waals surface area contributed by atoms with Gasteiger partial charge in [-0.15, -0.1) is 0 Å². The van der Waals surface area contributed by atoms with Crippen LogP contribution in [-0.4, -0.2) is 58.4 Å². The van der Waals surface area contributed by atoms with Crippen molar-refractivity contribution in [3.63, 3.8) is 0 Å². The average molecular weight is 455 g/mol. The van der Waals surface area contributed by atoms with E-state index in [-0.39, 0.29) is 35.9 Å². The van der Waals surface area contributed by atoms with Gasteiger partial charge in [0.15, 0.2) is 0 Å². The Morgan fingerprint density at radius 2 is 2.00 bits per heavy atom. The highest BCUT2D eigenvalue weighted by atomic mass is 19.4. The molecule has 32 heavy (non-hydrogen) atoms. The summed E-state index contributed by atoms with van der Waals surface area (Å²) in [5, 5.41) is 9.28. The van der Waals surface area contributed by atoms with Gasteiger partial charge in [-0.1, -0.05) is 0 Å². The van der Waals surface area contributed by atoms with E-state index in [1.807, 2.05) is 6.07 Å². The molecule has 13 heteroatoms. The number of hydrogen-bond donors (Lipinski definition) is 2. The normalized spacial score (nSPS) is 19.6. The van der Waals surface area contributed by atoms with E-state index in [4.69, 9.17) is 16.7 Å². The molecule has 0 spiro atoms. The minimum atomic E-state index is -5.22. The van der Waals surface area contributed by atoms with Crippen LogP contribution in [-0.2, 0) is 16.0 Å². The average Bonchev–Trinajstić information content (AvgIpc) is 3.27. The van der Waals surface area contributed by atoms with Gasteiger partial charge in [0.1, 0.15) is 18.0 Å². The van der Waals surface area contributed by atoms with Gasteiger partial charge in [-0.25, -0.2) is 14.0 Å². The summed E-state index contributed by atoms with van der Waals surface area (Å²) in [6.07, 6.45) is -5.67. The smallest absolute Gasteiger partial charge is 0.420 e. The van der Waals surface area contributed by atoms with Crippen molar-refractivity contribution in [3.8, 4) is 11.8 Å².